The van der Waals surface area contributed by atoms with Gasteiger partial charge in [0.25, 0.3) is 27.3 Å². The average Bonchev–Trinajstić information content (AvgIpc) is 2.75. The summed E-state index contributed by atoms with van der Waals surface area (Å²) in [5, 5.41) is 24.4. The average molecular weight is 568 g/mol. The Labute approximate surface area is 195 Å². The summed E-state index contributed by atoms with van der Waals surface area (Å²) in [5.41, 5.74) is -0.921. The second-order valence-electron chi connectivity index (χ2n) is 6.34. The van der Waals surface area contributed by atoms with E-state index in [1.165, 1.54) is 24.3 Å². The minimum atomic E-state index is -3.87. The van der Waals surface area contributed by atoms with Crippen molar-refractivity contribution < 1.29 is 23.1 Å². The van der Waals surface area contributed by atoms with Crippen LogP contribution in [0.25, 0.3) is 0 Å². The van der Waals surface area contributed by atoms with Crippen LogP contribution in [0.2, 0.25) is 0 Å². The van der Waals surface area contributed by atoms with Gasteiger partial charge in [-0.15, -0.1) is 0 Å². The molecule has 3 aromatic carbocycles. The zero-order valence-electron chi connectivity index (χ0n) is 15.9. The van der Waals surface area contributed by atoms with Crippen molar-refractivity contribution in [2.75, 3.05) is 10.0 Å². The van der Waals surface area contributed by atoms with Crippen LogP contribution in [-0.4, -0.2) is 24.2 Å². The third kappa shape index (κ3) is 5.55. The maximum Gasteiger partial charge on any atom is 0.277 e. The number of hydrogen-bond donors (Lipinski definition) is 2. The highest BCUT2D eigenvalue weighted by Crippen LogP contribution is 2.24. The van der Waals surface area contributed by atoms with Crippen LogP contribution in [0.4, 0.5) is 22.7 Å². The Morgan fingerprint density at radius 1 is 0.812 bits per heavy atom. The first-order chi connectivity index (χ1) is 15.0. The Bertz CT molecular complexity index is 1280. The van der Waals surface area contributed by atoms with Gasteiger partial charge in [-0.2, -0.15) is 0 Å². The van der Waals surface area contributed by atoms with Crippen molar-refractivity contribution in [3.05, 3.63) is 96.1 Å². The van der Waals surface area contributed by atoms with Gasteiger partial charge in [-0.25, -0.2) is 8.42 Å². The smallest absolute Gasteiger partial charge is 0.277 e. The number of sulfonamides is 1. The van der Waals surface area contributed by atoms with Gasteiger partial charge >= 0.3 is 0 Å². The van der Waals surface area contributed by atoms with Gasteiger partial charge in [-0.1, -0.05) is 0 Å². The maximum atomic E-state index is 12.5. The number of benzene rings is 3. The van der Waals surface area contributed by atoms with Crippen LogP contribution in [0, 0.1) is 23.8 Å². The van der Waals surface area contributed by atoms with Crippen LogP contribution in [0.5, 0.6) is 0 Å². The fourth-order valence-electron chi connectivity index (χ4n) is 2.59. The predicted molar refractivity (Wildman–Crippen MR) is 124 cm³/mol. The lowest BCUT2D eigenvalue weighted by Crippen LogP contribution is -2.14. The lowest BCUT2D eigenvalue weighted by molar-refractivity contribution is -0.394. The largest absolute Gasteiger partial charge is 0.322 e. The molecule has 0 fully saturated rings. The zero-order chi connectivity index (χ0) is 23.5. The van der Waals surface area contributed by atoms with Crippen LogP contribution >= 0.6 is 22.6 Å². The monoisotopic (exact) mass is 568 g/mol. The van der Waals surface area contributed by atoms with Gasteiger partial charge in [0.2, 0.25) is 0 Å². The number of nitrogens with zero attached hydrogens (tertiary/aromatic N) is 2. The summed E-state index contributed by atoms with van der Waals surface area (Å²) in [6.07, 6.45) is 0. The number of carbonyl (C=O) groups excluding carboxylic acids is 1. The molecule has 2 N–H and O–H groups in total. The highest BCUT2D eigenvalue weighted by Gasteiger charge is 2.20. The van der Waals surface area contributed by atoms with Crippen molar-refractivity contribution in [1.29, 1.82) is 0 Å². The van der Waals surface area contributed by atoms with E-state index in [0.29, 0.717) is 5.69 Å². The van der Waals surface area contributed by atoms with E-state index >= 15 is 0 Å². The molecule has 3 rings (SSSR count). The maximum absolute atomic E-state index is 12.5. The van der Waals surface area contributed by atoms with Gasteiger partial charge in [-0.3, -0.25) is 29.7 Å². The standard InChI is InChI=1S/C19H13IN4O7S/c20-13-1-3-15(4-2-13)22-32(30,31)18-7-5-14(6-8-18)21-19(25)12-9-16(23(26)27)11-17(10-12)24(28)29/h1-11,22H,(H,21,25). The first-order valence-electron chi connectivity index (χ1n) is 8.69. The summed E-state index contributed by atoms with van der Waals surface area (Å²) in [4.78, 5) is 32.6. The minimum absolute atomic E-state index is 0.0555. The van der Waals surface area contributed by atoms with Gasteiger partial charge in [0, 0.05) is 27.1 Å². The van der Waals surface area contributed by atoms with Gasteiger partial charge in [-0.05, 0) is 71.1 Å². The van der Waals surface area contributed by atoms with Crippen LogP contribution in [-0.2, 0) is 10.0 Å². The lowest BCUT2D eigenvalue weighted by Gasteiger charge is -2.10. The van der Waals surface area contributed by atoms with Crippen LogP contribution < -0.4 is 10.0 Å². The van der Waals surface area contributed by atoms with E-state index in [4.69, 9.17) is 0 Å². The highest BCUT2D eigenvalue weighted by atomic mass is 127. The molecule has 0 aliphatic carbocycles. The van der Waals surface area contributed by atoms with Crippen molar-refractivity contribution in [3.63, 3.8) is 0 Å². The summed E-state index contributed by atoms with van der Waals surface area (Å²) in [6.45, 7) is 0. The van der Waals surface area contributed by atoms with E-state index < -0.39 is 37.2 Å². The molecule has 0 unspecified atom stereocenters. The summed E-state index contributed by atoms with van der Waals surface area (Å²) in [5.74, 6) is -0.829. The predicted octanol–water partition coefficient (Wildman–Crippen LogP) is 4.16. The normalized spacial score (nSPS) is 10.9. The number of hydrogen-bond acceptors (Lipinski definition) is 7. The number of carbonyl (C=O) groups is 1. The molecule has 0 heterocycles. The molecule has 164 valence electrons. The van der Waals surface area contributed by atoms with Crippen LogP contribution in [0.15, 0.2) is 71.6 Å². The molecular formula is C19H13IN4O7S. The third-order valence-corrected chi connectivity index (χ3v) is 6.22. The Balaban J connectivity index is 1.78. The van der Waals surface area contributed by atoms with Crippen molar-refractivity contribution in [2.24, 2.45) is 0 Å². The molecule has 11 nitrogen and oxygen atoms in total. The summed E-state index contributed by atoms with van der Waals surface area (Å²) in [6, 6.07) is 14.5. The molecule has 0 radical (unpaired) electrons. The first kappa shape index (κ1) is 23.1. The van der Waals surface area contributed by atoms with Crippen LogP contribution in [0.3, 0.4) is 0 Å². The second-order valence-corrected chi connectivity index (χ2v) is 9.27. The van der Waals surface area contributed by atoms with Gasteiger partial charge in [0.1, 0.15) is 0 Å². The quantitative estimate of drug-likeness (QED) is 0.246. The number of nitro groups is 2. The summed E-state index contributed by atoms with van der Waals surface area (Å²) < 4.78 is 28.4. The number of nitrogens with one attached hydrogen (secondary N) is 2. The lowest BCUT2D eigenvalue weighted by atomic mass is 10.1. The van der Waals surface area contributed by atoms with E-state index in [1.54, 1.807) is 24.3 Å². The van der Waals surface area contributed by atoms with Crippen LogP contribution in [0.1, 0.15) is 10.4 Å². The highest BCUT2D eigenvalue weighted by molar-refractivity contribution is 14.1. The molecule has 0 bridgehead atoms. The van der Waals surface area contributed by atoms with Crippen molar-refractivity contribution in [1.82, 2.24) is 0 Å². The topological polar surface area (TPSA) is 162 Å². The van der Waals surface area contributed by atoms with Gasteiger partial charge in [0.15, 0.2) is 0 Å². The Morgan fingerprint density at radius 3 is 1.81 bits per heavy atom. The van der Waals surface area contributed by atoms with E-state index in [9.17, 15) is 33.4 Å². The number of halogens is 1. The molecule has 0 aliphatic heterocycles. The second kappa shape index (κ2) is 9.27. The van der Waals surface area contributed by atoms with Crippen molar-refractivity contribution >= 4 is 61.3 Å². The third-order valence-electron chi connectivity index (χ3n) is 4.11. The molecular weight excluding hydrogens is 555 g/mol. The zero-order valence-corrected chi connectivity index (χ0v) is 18.9. The van der Waals surface area contributed by atoms with Crippen molar-refractivity contribution in [3.8, 4) is 0 Å². The summed E-state index contributed by atoms with van der Waals surface area (Å²) in [7, 11) is -3.87. The van der Waals surface area contributed by atoms with Gasteiger partial charge < -0.3 is 5.32 Å². The molecule has 32 heavy (non-hydrogen) atoms. The Kier molecular flexibility index (Phi) is 6.69. The first-order valence-corrected chi connectivity index (χ1v) is 11.2. The molecule has 0 saturated carbocycles. The number of rotatable bonds is 7. The van der Waals surface area contributed by atoms with E-state index in [1.807, 2.05) is 0 Å². The molecule has 0 spiro atoms. The van der Waals surface area contributed by atoms with E-state index in [-0.39, 0.29) is 16.1 Å². The summed E-state index contributed by atoms with van der Waals surface area (Å²) >= 11 is 2.09. The molecule has 13 heteroatoms. The molecule has 1 amide bonds. The molecule has 0 aromatic heterocycles. The number of non-ortho nitro benzene ring substituents is 2. The van der Waals surface area contributed by atoms with E-state index in [2.05, 4.69) is 32.6 Å². The van der Waals surface area contributed by atoms with E-state index in [0.717, 1.165) is 21.8 Å². The number of nitro benzene ring substituents is 2. The molecule has 0 atom stereocenters. The molecule has 0 aliphatic rings. The fourth-order valence-corrected chi connectivity index (χ4v) is 4.01. The Hall–Kier alpha value is -3.59. The SMILES string of the molecule is O=C(Nc1ccc(S(=O)(=O)Nc2ccc(I)cc2)cc1)c1cc([N+](=O)[O-])cc([N+](=O)[O-])c1. The minimum Gasteiger partial charge on any atom is -0.322 e. The van der Waals surface area contributed by atoms with Crippen molar-refractivity contribution in [2.45, 2.75) is 4.90 Å². The molecule has 3 aromatic rings. The fraction of sp³-hybridized carbons (Fsp3) is 0. The van der Waals surface area contributed by atoms with Gasteiger partial charge in [0.05, 0.1) is 26.4 Å². The number of amides is 1. The number of anilines is 2. The molecule has 0 saturated heterocycles. The Morgan fingerprint density at radius 2 is 1.31 bits per heavy atom.